The van der Waals surface area contributed by atoms with E-state index < -0.39 is 0 Å². The van der Waals surface area contributed by atoms with Crippen molar-refractivity contribution in [3.8, 4) is 0 Å². The van der Waals surface area contributed by atoms with Crippen LogP contribution in [0.3, 0.4) is 0 Å². The molecular weight excluding hydrogens is 172 g/mol. The van der Waals surface area contributed by atoms with Crippen molar-refractivity contribution in [2.24, 2.45) is 0 Å². The van der Waals surface area contributed by atoms with E-state index >= 15 is 0 Å². The molecule has 0 aliphatic carbocycles. The lowest BCUT2D eigenvalue weighted by Gasteiger charge is -2.08. The molecule has 0 aliphatic heterocycles. The van der Waals surface area contributed by atoms with Gasteiger partial charge in [0.2, 0.25) is 5.91 Å². The topological polar surface area (TPSA) is 59.6 Å². The van der Waals surface area contributed by atoms with Crippen LogP contribution in [0, 0.1) is 0 Å². The maximum atomic E-state index is 11.0. The molecule has 0 aromatic rings. The molecule has 0 spiro atoms. The van der Waals surface area contributed by atoms with Gasteiger partial charge in [-0.1, -0.05) is 0 Å². The van der Waals surface area contributed by atoms with E-state index in [0.717, 1.165) is 0 Å². The molecule has 0 aromatic heterocycles. The van der Waals surface area contributed by atoms with E-state index in [2.05, 4.69) is 10.8 Å². The summed E-state index contributed by atoms with van der Waals surface area (Å²) in [7, 11) is 1.59. The molecule has 5 nitrogen and oxygen atoms in total. The second-order valence-electron chi connectivity index (χ2n) is 2.88. The largest absolute Gasteiger partial charge is 0.382 e. The number of hydrogen-bond donors (Lipinski definition) is 2. The maximum absolute atomic E-state index is 11.0. The average molecular weight is 190 g/mol. The van der Waals surface area contributed by atoms with Gasteiger partial charge in [-0.05, 0) is 13.8 Å². The zero-order valence-corrected chi connectivity index (χ0v) is 8.42. The summed E-state index contributed by atoms with van der Waals surface area (Å²) in [4.78, 5) is 15.9. The van der Waals surface area contributed by atoms with Crippen molar-refractivity contribution >= 4 is 5.91 Å². The third-order valence-corrected chi connectivity index (χ3v) is 1.17. The van der Waals surface area contributed by atoms with Crippen molar-refractivity contribution in [1.82, 2.24) is 10.8 Å². The molecule has 0 heterocycles. The molecule has 0 saturated heterocycles. The molecule has 2 N–H and O–H groups in total. The maximum Gasteiger partial charge on any atom is 0.236 e. The minimum Gasteiger partial charge on any atom is -0.382 e. The molecule has 0 saturated carbocycles. The Morgan fingerprint density at radius 3 is 2.62 bits per heavy atom. The van der Waals surface area contributed by atoms with Crippen LogP contribution in [0.15, 0.2) is 0 Å². The Morgan fingerprint density at radius 2 is 2.08 bits per heavy atom. The van der Waals surface area contributed by atoms with Gasteiger partial charge in [-0.25, -0.2) is 0 Å². The first-order chi connectivity index (χ1) is 6.16. The first-order valence-corrected chi connectivity index (χ1v) is 4.29. The number of ether oxygens (including phenoxy) is 1. The van der Waals surface area contributed by atoms with Crippen molar-refractivity contribution in [2.75, 3.05) is 26.9 Å². The highest BCUT2D eigenvalue weighted by molar-refractivity contribution is 5.78. The molecule has 0 radical (unpaired) electrons. The SMILES string of the molecule is COCCONCC(=O)NC(C)C. The molecule has 0 atom stereocenters. The number of nitrogens with one attached hydrogen (secondary N) is 2. The third kappa shape index (κ3) is 9.26. The van der Waals surface area contributed by atoms with Crippen LogP contribution in [-0.4, -0.2) is 38.8 Å². The highest BCUT2D eigenvalue weighted by Gasteiger charge is 2.01. The number of methoxy groups -OCH3 is 1. The normalized spacial score (nSPS) is 10.5. The van der Waals surface area contributed by atoms with Gasteiger partial charge < -0.3 is 10.1 Å². The molecule has 13 heavy (non-hydrogen) atoms. The van der Waals surface area contributed by atoms with Crippen molar-refractivity contribution in [2.45, 2.75) is 19.9 Å². The Bertz CT molecular complexity index is 139. The van der Waals surface area contributed by atoms with Gasteiger partial charge in [0.15, 0.2) is 0 Å². The quantitative estimate of drug-likeness (QED) is 0.426. The van der Waals surface area contributed by atoms with Crippen LogP contribution >= 0.6 is 0 Å². The molecule has 78 valence electrons. The van der Waals surface area contributed by atoms with Crippen LogP contribution < -0.4 is 10.8 Å². The van der Waals surface area contributed by atoms with Crippen LogP contribution in [0.25, 0.3) is 0 Å². The van der Waals surface area contributed by atoms with Gasteiger partial charge in [0, 0.05) is 13.2 Å². The summed E-state index contributed by atoms with van der Waals surface area (Å²) in [5.41, 5.74) is 2.53. The number of carbonyl (C=O) groups excluding carboxylic acids is 1. The van der Waals surface area contributed by atoms with Crippen LogP contribution in [-0.2, 0) is 14.4 Å². The monoisotopic (exact) mass is 190 g/mol. The Kier molecular flexibility index (Phi) is 7.57. The zero-order chi connectivity index (χ0) is 10.1. The van der Waals surface area contributed by atoms with Gasteiger partial charge in [0.25, 0.3) is 0 Å². The molecule has 0 aliphatic rings. The molecular formula is C8H18N2O3. The van der Waals surface area contributed by atoms with E-state index in [4.69, 9.17) is 9.57 Å². The van der Waals surface area contributed by atoms with E-state index in [1.165, 1.54) is 0 Å². The van der Waals surface area contributed by atoms with E-state index in [-0.39, 0.29) is 18.5 Å². The summed E-state index contributed by atoms with van der Waals surface area (Å²) in [6.07, 6.45) is 0. The molecule has 0 fully saturated rings. The number of hydroxylamine groups is 1. The molecule has 0 aromatic carbocycles. The molecule has 0 bridgehead atoms. The standard InChI is InChI=1S/C8H18N2O3/c1-7(2)10-8(11)6-9-13-5-4-12-3/h7,9H,4-6H2,1-3H3,(H,10,11). The Hall–Kier alpha value is -0.650. The van der Waals surface area contributed by atoms with Crippen LogP contribution in [0.4, 0.5) is 0 Å². The zero-order valence-electron chi connectivity index (χ0n) is 8.42. The lowest BCUT2D eigenvalue weighted by molar-refractivity contribution is -0.123. The summed E-state index contributed by atoms with van der Waals surface area (Å²) in [6, 6.07) is 0.160. The lowest BCUT2D eigenvalue weighted by Crippen LogP contribution is -2.38. The highest BCUT2D eigenvalue weighted by Crippen LogP contribution is 1.76. The predicted octanol–water partition coefficient (Wildman–Crippen LogP) is -0.321. The van der Waals surface area contributed by atoms with E-state index in [1.54, 1.807) is 7.11 Å². The third-order valence-electron chi connectivity index (χ3n) is 1.17. The van der Waals surface area contributed by atoms with Crippen LogP contribution in [0.2, 0.25) is 0 Å². The summed E-state index contributed by atoms with van der Waals surface area (Å²) < 4.78 is 4.75. The fourth-order valence-corrected chi connectivity index (χ4v) is 0.687. The van der Waals surface area contributed by atoms with Gasteiger partial charge in [-0.3, -0.25) is 9.63 Å². The fourth-order valence-electron chi connectivity index (χ4n) is 0.687. The van der Waals surface area contributed by atoms with Gasteiger partial charge in [-0.2, -0.15) is 5.48 Å². The number of hydrogen-bond acceptors (Lipinski definition) is 4. The first-order valence-electron chi connectivity index (χ1n) is 4.29. The van der Waals surface area contributed by atoms with E-state index in [9.17, 15) is 4.79 Å². The molecule has 1 amide bonds. The smallest absolute Gasteiger partial charge is 0.236 e. The summed E-state index contributed by atoms with van der Waals surface area (Å²) in [6.45, 7) is 4.93. The van der Waals surface area contributed by atoms with Crippen molar-refractivity contribution in [3.63, 3.8) is 0 Å². The van der Waals surface area contributed by atoms with Gasteiger partial charge in [-0.15, -0.1) is 0 Å². The molecule has 0 unspecified atom stereocenters. The lowest BCUT2D eigenvalue weighted by atomic mass is 10.4. The Morgan fingerprint density at radius 1 is 1.38 bits per heavy atom. The van der Waals surface area contributed by atoms with Gasteiger partial charge >= 0.3 is 0 Å². The summed E-state index contributed by atoms with van der Waals surface area (Å²) in [5, 5.41) is 2.72. The summed E-state index contributed by atoms with van der Waals surface area (Å²) in [5.74, 6) is -0.0765. The van der Waals surface area contributed by atoms with Crippen molar-refractivity contribution < 1.29 is 14.4 Å². The minimum atomic E-state index is -0.0765. The van der Waals surface area contributed by atoms with Crippen LogP contribution in [0.5, 0.6) is 0 Å². The molecule has 5 heteroatoms. The number of amides is 1. The van der Waals surface area contributed by atoms with E-state index in [0.29, 0.717) is 13.2 Å². The Balaban J connectivity index is 3.17. The van der Waals surface area contributed by atoms with Gasteiger partial charge in [0.05, 0.1) is 19.8 Å². The molecule has 0 rings (SSSR count). The van der Waals surface area contributed by atoms with Crippen molar-refractivity contribution in [1.29, 1.82) is 0 Å². The second-order valence-corrected chi connectivity index (χ2v) is 2.88. The average Bonchev–Trinajstić information content (AvgIpc) is 2.02. The Labute approximate surface area is 78.7 Å². The van der Waals surface area contributed by atoms with Gasteiger partial charge in [0.1, 0.15) is 0 Å². The second kappa shape index (κ2) is 7.97. The first kappa shape index (κ1) is 12.3. The summed E-state index contributed by atoms with van der Waals surface area (Å²) >= 11 is 0. The highest BCUT2D eigenvalue weighted by atomic mass is 16.7. The van der Waals surface area contributed by atoms with Crippen LogP contribution in [0.1, 0.15) is 13.8 Å². The number of carbonyl (C=O) groups is 1. The predicted molar refractivity (Wildman–Crippen MR) is 49.1 cm³/mol. The minimum absolute atomic E-state index is 0.0765. The number of rotatable bonds is 7. The fraction of sp³-hybridized carbons (Fsp3) is 0.875. The van der Waals surface area contributed by atoms with E-state index in [1.807, 2.05) is 13.8 Å². The van der Waals surface area contributed by atoms with Crippen molar-refractivity contribution in [3.05, 3.63) is 0 Å².